The average molecular weight is 230 g/mol. The second-order valence-electron chi connectivity index (χ2n) is 3.14. The highest BCUT2D eigenvalue weighted by molar-refractivity contribution is 5.39. The van der Waals surface area contributed by atoms with Crippen LogP contribution in [-0.4, -0.2) is 9.97 Å². The van der Waals surface area contributed by atoms with E-state index in [-0.39, 0.29) is 23.0 Å². The highest BCUT2D eigenvalue weighted by Crippen LogP contribution is 2.22. The maximum Gasteiger partial charge on any atom is 0.224 e. The lowest BCUT2D eigenvalue weighted by atomic mass is 10.2. The summed E-state index contributed by atoms with van der Waals surface area (Å²) in [6, 6.07) is 7.04. The zero-order valence-corrected chi connectivity index (χ0v) is 8.59. The Balaban J connectivity index is 2.25. The van der Waals surface area contributed by atoms with Crippen LogP contribution in [0.2, 0.25) is 0 Å². The second-order valence-corrected chi connectivity index (χ2v) is 3.14. The molecule has 1 heterocycles. The Morgan fingerprint density at radius 3 is 2.76 bits per heavy atom. The molecule has 0 spiro atoms. The standard InChI is InChI=1S/C11H7FN4O/c12-9-3-8(2-1-7(9)5-13)17-11-4-10(14)15-6-16-11/h1-4,6H,(H2,14,15,16). The second kappa shape index (κ2) is 4.45. The summed E-state index contributed by atoms with van der Waals surface area (Å²) in [4.78, 5) is 7.50. The molecule has 0 unspecified atom stereocenters. The zero-order chi connectivity index (χ0) is 12.3. The van der Waals surface area contributed by atoms with E-state index in [1.54, 1.807) is 6.07 Å². The van der Waals surface area contributed by atoms with E-state index in [0.717, 1.165) is 6.07 Å². The van der Waals surface area contributed by atoms with E-state index in [4.69, 9.17) is 15.7 Å². The largest absolute Gasteiger partial charge is 0.439 e. The molecule has 2 rings (SSSR count). The first kappa shape index (κ1) is 10.8. The Morgan fingerprint density at radius 1 is 1.29 bits per heavy atom. The van der Waals surface area contributed by atoms with E-state index in [9.17, 15) is 4.39 Å². The number of nitriles is 1. The third-order valence-corrected chi connectivity index (χ3v) is 1.95. The van der Waals surface area contributed by atoms with Gasteiger partial charge in [-0.15, -0.1) is 0 Å². The molecule has 0 bridgehead atoms. The van der Waals surface area contributed by atoms with Gasteiger partial charge in [-0.05, 0) is 12.1 Å². The van der Waals surface area contributed by atoms with Gasteiger partial charge in [0.2, 0.25) is 5.88 Å². The highest BCUT2D eigenvalue weighted by atomic mass is 19.1. The molecule has 1 aromatic carbocycles. The molecule has 0 aliphatic carbocycles. The van der Waals surface area contributed by atoms with Gasteiger partial charge in [-0.3, -0.25) is 0 Å². The first-order valence-electron chi connectivity index (χ1n) is 4.64. The van der Waals surface area contributed by atoms with Gasteiger partial charge in [0.15, 0.2) is 0 Å². The number of benzene rings is 1. The first-order chi connectivity index (χ1) is 8.19. The van der Waals surface area contributed by atoms with Crippen LogP contribution in [-0.2, 0) is 0 Å². The van der Waals surface area contributed by atoms with Gasteiger partial charge in [0.05, 0.1) is 5.56 Å². The Hall–Kier alpha value is -2.68. The molecule has 84 valence electrons. The number of hydrogen-bond acceptors (Lipinski definition) is 5. The van der Waals surface area contributed by atoms with Crippen molar-refractivity contribution in [1.29, 1.82) is 5.26 Å². The quantitative estimate of drug-likeness (QED) is 0.851. The van der Waals surface area contributed by atoms with Gasteiger partial charge in [-0.1, -0.05) is 0 Å². The summed E-state index contributed by atoms with van der Waals surface area (Å²) >= 11 is 0. The van der Waals surface area contributed by atoms with Gasteiger partial charge < -0.3 is 10.5 Å². The maximum atomic E-state index is 13.3. The molecule has 1 aromatic heterocycles. The van der Waals surface area contributed by atoms with Crippen LogP contribution in [0, 0.1) is 17.1 Å². The molecule has 2 N–H and O–H groups in total. The lowest BCUT2D eigenvalue weighted by Crippen LogP contribution is -1.94. The van der Waals surface area contributed by atoms with Crippen LogP contribution in [0.15, 0.2) is 30.6 Å². The molecule has 0 fully saturated rings. The third kappa shape index (κ3) is 2.46. The molecule has 0 aliphatic rings. The Kier molecular flexibility index (Phi) is 2.83. The van der Waals surface area contributed by atoms with Crippen molar-refractivity contribution in [1.82, 2.24) is 9.97 Å². The van der Waals surface area contributed by atoms with Crippen molar-refractivity contribution in [2.24, 2.45) is 0 Å². The topological polar surface area (TPSA) is 84.8 Å². The smallest absolute Gasteiger partial charge is 0.224 e. The summed E-state index contributed by atoms with van der Waals surface area (Å²) in [5.41, 5.74) is 5.40. The van der Waals surface area contributed by atoms with E-state index in [2.05, 4.69) is 9.97 Å². The number of hydrogen-bond donors (Lipinski definition) is 1. The van der Waals surface area contributed by atoms with Crippen molar-refractivity contribution in [3.8, 4) is 17.7 Å². The molecule has 0 radical (unpaired) electrons. The first-order valence-corrected chi connectivity index (χ1v) is 4.64. The maximum absolute atomic E-state index is 13.3. The van der Waals surface area contributed by atoms with E-state index in [1.807, 2.05) is 0 Å². The SMILES string of the molecule is N#Cc1ccc(Oc2cc(N)ncn2)cc1F. The minimum absolute atomic E-state index is 0.0421. The van der Waals surface area contributed by atoms with Crippen LogP contribution in [0.1, 0.15) is 5.56 Å². The third-order valence-electron chi connectivity index (χ3n) is 1.95. The van der Waals surface area contributed by atoms with Crippen molar-refractivity contribution >= 4 is 5.82 Å². The van der Waals surface area contributed by atoms with Crippen molar-refractivity contribution in [2.75, 3.05) is 5.73 Å². The minimum Gasteiger partial charge on any atom is -0.439 e. The van der Waals surface area contributed by atoms with Crippen LogP contribution in [0.4, 0.5) is 10.2 Å². The molecule has 0 amide bonds. The summed E-state index contributed by atoms with van der Waals surface area (Å²) in [6.07, 6.45) is 1.24. The molecule has 17 heavy (non-hydrogen) atoms. The molecular weight excluding hydrogens is 223 g/mol. The number of anilines is 1. The van der Waals surface area contributed by atoms with Crippen molar-refractivity contribution < 1.29 is 9.13 Å². The summed E-state index contributed by atoms with van der Waals surface area (Å²) in [6.45, 7) is 0. The van der Waals surface area contributed by atoms with Gasteiger partial charge >= 0.3 is 0 Å². The molecule has 5 nitrogen and oxygen atoms in total. The van der Waals surface area contributed by atoms with Crippen LogP contribution in [0.5, 0.6) is 11.6 Å². The van der Waals surface area contributed by atoms with Crippen LogP contribution >= 0.6 is 0 Å². The molecule has 2 aromatic rings. The lowest BCUT2D eigenvalue weighted by molar-refractivity contribution is 0.457. The van der Waals surface area contributed by atoms with Gasteiger partial charge in [-0.2, -0.15) is 5.26 Å². The number of nitrogen functional groups attached to an aromatic ring is 1. The molecule has 0 saturated carbocycles. The zero-order valence-electron chi connectivity index (χ0n) is 8.59. The molecule has 0 saturated heterocycles. The lowest BCUT2D eigenvalue weighted by Gasteiger charge is -2.04. The number of nitrogens with zero attached hydrogens (tertiary/aromatic N) is 3. The molecule has 0 atom stereocenters. The normalized spacial score (nSPS) is 9.65. The minimum atomic E-state index is -0.646. The van der Waals surface area contributed by atoms with Crippen molar-refractivity contribution in [2.45, 2.75) is 0 Å². The van der Waals surface area contributed by atoms with E-state index in [1.165, 1.54) is 24.5 Å². The van der Waals surface area contributed by atoms with Crippen LogP contribution in [0.3, 0.4) is 0 Å². The summed E-state index contributed by atoms with van der Waals surface area (Å²) in [7, 11) is 0. The van der Waals surface area contributed by atoms with Crippen molar-refractivity contribution in [3.63, 3.8) is 0 Å². The van der Waals surface area contributed by atoms with E-state index in [0.29, 0.717) is 0 Å². The fourth-order valence-electron chi connectivity index (χ4n) is 1.18. The number of halogens is 1. The van der Waals surface area contributed by atoms with Gasteiger partial charge in [-0.25, -0.2) is 14.4 Å². The predicted molar refractivity (Wildman–Crippen MR) is 57.6 cm³/mol. The molecule has 6 heteroatoms. The predicted octanol–water partition coefficient (Wildman–Crippen LogP) is 1.86. The summed E-state index contributed by atoms with van der Waals surface area (Å²) < 4.78 is 18.5. The van der Waals surface area contributed by atoms with Crippen molar-refractivity contribution in [3.05, 3.63) is 42.0 Å². The monoisotopic (exact) mass is 230 g/mol. The number of nitrogens with two attached hydrogens (primary N) is 1. The number of ether oxygens (including phenoxy) is 1. The van der Waals surface area contributed by atoms with Gasteiger partial charge in [0.25, 0.3) is 0 Å². The van der Waals surface area contributed by atoms with E-state index >= 15 is 0 Å². The fraction of sp³-hybridized carbons (Fsp3) is 0. The molecule has 0 aliphatic heterocycles. The Labute approximate surface area is 96.3 Å². The number of rotatable bonds is 2. The molecular formula is C11H7FN4O. The van der Waals surface area contributed by atoms with Gasteiger partial charge in [0.1, 0.15) is 29.8 Å². The summed E-state index contributed by atoms with van der Waals surface area (Å²) in [5.74, 6) is 0.0531. The highest BCUT2D eigenvalue weighted by Gasteiger charge is 2.05. The Bertz CT molecular complexity index is 594. The van der Waals surface area contributed by atoms with Crippen LogP contribution < -0.4 is 10.5 Å². The Morgan fingerprint density at radius 2 is 2.12 bits per heavy atom. The van der Waals surface area contributed by atoms with Crippen LogP contribution in [0.25, 0.3) is 0 Å². The van der Waals surface area contributed by atoms with Gasteiger partial charge in [0, 0.05) is 12.1 Å². The van der Waals surface area contributed by atoms with E-state index < -0.39 is 5.82 Å². The fourth-order valence-corrected chi connectivity index (χ4v) is 1.18. The summed E-state index contributed by atoms with van der Waals surface area (Å²) in [5, 5.41) is 8.57. The average Bonchev–Trinajstić information content (AvgIpc) is 2.29. The number of aromatic nitrogens is 2.